The lowest BCUT2D eigenvalue weighted by Crippen LogP contribution is -2.21. The minimum atomic E-state index is -0.443. The van der Waals surface area contributed by atoms with Gasteiger partial charge in [-0.05, 0) is 24.6 Å². The van der Waals surface area contributed by atoms with Crippen LogP contribution in [0.3, 0.4) is 0 Å². The van der Waals surface area contributed by atoms with Gasteiger partial charge in [-0.2, -0.15) is 0 Å². The number of esters is 1. The van der Waals surface area contributed by atoms with Crippen molar-refractivity contribution in [3.05, 3.63) is 22.7 Å². The summed E-state index contributed by atoms with van der Waals surface area (Å²) in [5.41, 5.74) is 0.981. The van der Waals surface area contributed by atoms with Crippen LogP contribution in [0.4, 0.5) is 0 Å². The van der Waals surface area contributed by atoms with Crippen LogP contribution in [-0.4, -0.2) is 32.3 Å². The molecule has 1 rings (SSSR count). The molecule has 0 heterocycles. The van der Waals surface area contributed by atoms with E-state index in [1.54, 1.807) is 13.0 Å². The van der Waals surface area contributed by atoms with Crippen LogP contribution in [0.2, 0.25) is 5.02 Å². The number of halogens is 1. The molecule has 0 amide bonds. The molecule has 0 saturated heterocycles. The van der Waals surface area contributed by atoms with Gasteiger partial charge in [0.2, 0.25) is 0 Å². The van der Waals surface area contributed by atoms with E-state index in [1.807, 2.05) is 6.07 Å². The lowest BCUT2D eigenvalue weighted by molar-refractivity contribution is -0.145. The van der Waals surface area contributed by atoms with Crippen molar-refractivity contribution in [3.8, 4) is 11.5 Å². The zero-order chi connectivity index (χ0) is 15.8. The third-order valence-electron chi connectivity index (χ3n) is 2.64. The molecule has 0 spiro atoms. The predicted molar refractivity (Wildman–Crippen MR) is 82.1 cm³/mol. The highest BCUT2D eigenvalue weighted by atomic mass is 35.5. The van der Waals surface area contributed by atoms with Gasteiger partial charge in [0, 0.05) is 12.6 Å². The molecule has 1 N–H and O–H groups in total. The van der Waals surface area contributed by atoms with Crippen molar-refractivity contribution in [3.63, 3.8) is 0 Å². The number of ether oxygens (including phenoxy) is 3. The largest absolute Gasteiger partial charge is 0.493 e. The van der Waals surface area contributed by atoms with Crippen molar-refractivity contribution in [2.45, 2.75) is 33.4 Å². The van der Waals surface area contributed by atoms with Gasteiger partial charge >= 0.3 is 5.97 Å². The molecule has 0 radical (unpaired) electrons. The molecule has 5 nitrogen and oxygen atoms in total. The summed E-state index contributed by atoms with van der Waals surface area (Å²) in [7, 11) is 1.53. The monoisotopic (exact) mass is 315 g/mol. The fourth-order valence-corrected chi connectivity index (χ4v) is 1.96. The summed E-state index contributed by atoms with van der Waals surface area (Å²) in [6.07, 6.45) is 0. The van der Waals surface area contributed by atoms with Crippen molar-refractivity contribution in [1.29, 1.82) is 0 Å². The van der Waals surface area contributed by atoms with Gasteiger partial charge in [0.05, 0.1) is 18.7 Å². The summed E-state index contributed by atoms with van der Waals surface area (Å²) < 4.78 is 15.5. The van der Waals surface area contributed by atoms with E-state index in [9.17, 15) is 4.79 Å². The Morgan fingerprint density at radius 3 is 2.67 bits per heavy atom. The highest BCUT2D eigenvalue weighted by Crippen LogP contribution is 2.36. The van der Waals surface area contributed by atoms with Crippen LogP contribution >= 0.6 is 11.6 Å². The molecule has 0 aliphatic heterocycles. The number of methoxy groups -OCH3 is 1. The van der Waals surface area contributed by atoms with Crippen LogP contribution in [0.25, 0.3) is 0 Å². The Kier molecular flexibility index (Phi) is 7.32. The Labute approximate surface area is 130 Å². The molecule has 6 heteroatoms. The van der Waals surface area contributed by atoms with E-state index in [-0.39, 0.29) is 6.61 Å². The first-order valence-electron chi connectivity index (χ1n) is 6.86. The minimum absolute atomic E-state index is 0.201. The fraction of sp³-hybridized carbons (Fsp3) is 0.533. The van der Waals surface area contributed by atoms with Crippen LogP contribution in [0, 0.1) is 0 Å². The van der Waals surface area contributed by atoms with Crippen molar-refractivity contribution in [2.75, 3.05) is 20.3 Å². The van der Waals surface area contributed by atoms with Gasteiger partial charge in [0.25, 0.3) is 0 Å². The molecule has 0 aliphatic carbocycles. The van der Waals surface area contributed by atoms with E-state index in [0.29, 0.717) is 35.7 Å². The first kappa shape index (κ1) is 17.6. The van der Waals surface area contributed by atoms with Gasteiger partial charge < -0.3 is 19.5 Å². The third kappa shape index (κ3) is 5.81. The molecule has 1 aromatic carbocycles. The number of carbonyl (C=O) groups excluding carboxylic acids is 1. The van der Waals surface area contributed by atoms with Crippen molar-refractivity contribution in [1.82, 2.24) is 5.32 Å². The van der Waals surface area contributed by atoms with Gasteiger partial charge in [-0.3, -0.25) is 0 Å². The normalized spacial score (nSPS) is 10.6. The first-order valence-corrected chi connectivity index (χ1v) is 7.23. The molecule has 1 aromatic rings. The molecule has 0 fully saturated rings. The SMILES string of the molecule is CCOC(=O)COc1c(Cl)cc(CNC(C)C)cc1OC. The first-order chi connectivity index (χ1) is 9.97. The molecular weight excluding hydrogens is 294 g/mol. The molecule has 0 saturated carbocycles. The number of carbonyl (C=O) groups is 1. The number of hydrogen-bond donors (Lipinski definition) is 1. The summed E-state index contributed by atoms with van der Waals surface area (Å²) in [5.74, 6) is 0.397. The molecule has 0 aromatic heterocycles. The highest BCUT2D eigenvalue weighted by Gasteiger charge is 2.14. The quantitative estimate of drug-likeness (QED) is 0.748. The second kappa shape index (κ2) is 8.74. The minimum Gasteiger partial charge on any atom is -0.493 e. The van der Waals surface area contributed by atoms with Gasteiger partial charge in [0.1, 0.15) is 0 Å². The van der Waals surface area contributed by atoms with E-state index >= 15 is 0 Å². The van der Waals surface area contributed by atoms with Crippen LogP contribution in [0.15, 0.2) is 12.1 Å². The van der Waals surface area contributed by atoms with Gasteiger partial charge in [-0.15, -0.1) is 0 Å². The molecule has 0 aliphatic rings. The third-order valence-corrected chi connectivity index (χ3v) is 2.92. The van der Waals surface area contributed by atoms with Gasteiger partial charge in [-0.1, -0.05) is 25.4 Å². The van der Waals surface area contributed by atoms with Crippen LogP contribution in [-0.2, 0) is 16.1 Å². The lowest BCUT2D eigenvalue weighted by Gasteiger charge is -2.15. The Morgan fingerprint density at radius 2 is 2.10 bits per heavy atom. The molecule has 0 bridgehead atoms. The molecule has 118 valence electrons. The number of benzene rings is 1. The topological polar surface area (TPSA) is 56.8 Å². The Hall–Kier alpha value is -1.46. The maximum absolute atomic E-state index is 11.3. The lowest BCUT2D eigenvalue weighted by atomic mass is 10.2. The number of nitrogens with one attached hydrogen (secondary N) is 1. The summed E-state index contributed by atoms with van der Waals surface area (Å²) in [4.78, 5) is 11.3. The Morgan fingerprint density at radius 1 is 1.38 bits per heavy atom. The predicted octanol–water partition coefficient (Wildman–Crippen LogP) is 2.79. The van der Waals surface area contributed by atoms with E-state index in [0.717, 1.165) is 5.56 Å². The molecule has 21 heavy (non-hydrogen) atoms. The van der Waals surface area contributed by atoms with Crippen molar-refractivity contribution < 1.29 is 19.0 Å². The fourth-order valence-electron chi connectivity index (χ4n) is 1.67. The van der Waals surface area contributed by atoms with E-state index < -0.39 is 5.97 Å². The molecule has 0 atom stereocenters. The van der Waals surface area contributed by atoms with Crippen LogP contribution in [0.5, 0.6) is 11.5 Å². The Balaban J connectivity index is 2.82. The van der Waals surface area contributed by atoms with Crippen LogP contribution in [0.1, 0.15) is 26.3 Å². The summed E-state index contributed by atoms with van der Waals surface area (Å²) >= 11 is 6.20. The Bertz CT molecular complexity index is 477. The van der Waals surface area contributed by atoms with E-state index in [1.165, 1.54) is 7.11 Å². The van der Waals surface area contributed by atoms with E-state index in [4.69, 9.17) is 25.8 Å². The van der Waals surface area contributed by atoms with Gasteiger partial charge in [0.15, 0.2) is 18.1 Å². The highest BCUT2D eigenvalue weighted by molar-refractivity contribution is 6.32. The van der Waals surface area contributed by atoms with Gasteiger partial charge in [-0.25, -0.2) is 4.79 Å². The zero-order valence-corrected chi connectivity index (χ0v) is 13.6. The number of hydrogen-bond acceptors (Lipinski definition) is 5. The average molecular weight is 316 g/mol. The molecular formula is C15H22ClNO4. The smallest absolute Gasteiger partial charge is 0.344 e. The molecule has 0 unspecified atom stereocenters. The summed E-state index contributed by atoms with van der Waals surface area (Å²) in [6, 6.07) is 4.00. The van der Waals surface area contributed by atoms with Crippen molar-refractivity contribution >= 4 is 17.6 Å². The zero-order valence-electron chi connectivity index (χ0n) is 12.9. The average Bonchev–Trinajstić information content (AvgIpc) is 2.43. The van der Waals surface area contributed by atoms with Crippen molar-refractivity contribution in [2.24, 2.45) is 0 Å². The maximum Gasteiger partial charge on any atom is 0.344 e. The summed E-state index contributed by atoms with van der Waals surface area (Å²) in [5, 5.41) is 3.70. The second-order valence-electron chi connectivity index (χ2n) is 4.74. The standard InChI is InChI=1S/C15H22ClNO4/c1-5-20-14(18)9-21-15-12(16)6-11(7-13(15)19-4)8-17-10(2)3/h6-7,10,17H,5,8-9H2,1-4H3. The maximum atomic E-state index is 11.3. The number of rotatable bonds is 8. The van der Waals surface area contributed by atoms with Crippen LogP contribution < -0.4 is 14.8 Å². The van der Waals surface area contributed by atoms with E-state index in [2.05, 4.69) is 19.2 Å². The summed E-state index contributed by atoms with van der Waals surface area (Å²) in [6.45, 7) is 6.65. The second-order valence-corrected chi connectivity index (χ2v) is 5.15.